The van der Waals surface area contributed by atoms with Crippen LogP contribution in [0.15, 0.2) is 28.4 Å². The quantitative estimate of drug-likeness (QED) is 0.628. The van der Waals surface area contributed by atoms with Gasteiger partial charge in [-0.05, 0) is 33.5 Å². The van der Waals surface area contributed by atoms with Gasteiger partial charge in [-0.15, -0.1) is 11.3 Å². The highest BCUT2D eigenvalue weighted by Crippen LogP contribution is 2.21. The van der Waals surface area contributed by atoms with E-state index in [1.54, 1.807) is 23.8 Å². The number of nitrogens with zero attached hydrogens (tertiary/aromatic N) is 2. The highest BCUT2D eigenvalue weighted by Gasteiger charge is 2.14. The summed E-state index contributed by atoms with van der Waals surface area (Å²) in [6.45, 7) is 0. The number of halogens is 1. The maximum atomic E-state index is 9.06. The zero-order valence-corrected chi connectivity index (χ0v) is 9.86. The number of hydrogen-bond acceptors (Lipinski definition) is 5. The van der Waals surface area contributed by atoms with Crippen LogP contribution < -0.4 is 5.46 Å². The Balaban J connectivity index is 2.49. The second-order valence-corrected chi connectivity index (χ2v) is 4.55. The number of rotatable bonds is 2. The first kappa shape index (κ1) is 10.8. The Bertz CT molecular complexity index is 464. The number of pyridine rings is 1. The fourth-order valence-electron chi connectivity index (χ4n) is 1.13. The molecule has 76 valence electrons. The first-order valence-electron chi connectivity index (χ1n) is 4.09. The minimum absolute atomic E-state index is 0.403. The SMILES string of the molecule is OB(O)c1cc(Br)nc(-c2cncs2)c1. The van der Waals surface area contributed by atoms with Crippen LogP contribution in [0.2, 0.25) is 0 Å². The summed E-state index contributed by atoms with van der Waals surface area (Å²) in [5, 5.41) is 18.1. The molecule has 0 saturated heterocycles. The van der Waals surface area contributed by atoms with Gasteiger partial charge in [-0.3, -0.25) is 4.98 Å². The first-order valence-corrected chi connectivity index (χ1v) is 5.76. The van der Waals surface area contributed by atoms with Crippen molar-refractivity contribution in [2.75, 3.05) is 0 Å². The van der Waals surface area contributed by atoms with Crippen LogP contribution in [-0.2, 0) is 0 Å². The molecule has 0 spiro atoms. The zero-order valence-electron chi connectivity index (χ0n) is 7.46. The van der Waals surface area contributed by atoms with Gasteiger partial charge in [0.25, 0.3) is 0 Å². The van der Waals surface area contributed by atoms with Gasteiger partial charge in [0, 0.05) is 6.20 Å². The molecule has 4 nitrogen and oxygen atoms in total. The summed E-state index contributed by atoms with van der Waals surface area (Å²) >= 11 is 4.67. The molecule has 2 rings (SSSR count). The fourth-order valence-corrected chi connectivity index (χ4v) is 2.17. The molecule has 2 N–H and O–H groups in total. The third-order valence-electron chi connectivity index (χ3n) is 1.80. The molecular formula is C8H6BBrN2O2S. The van der Waals surface area contributed by atoms with E-state index in [2.05, 4.69) is 25.9 Å². The molecule has 0 aliphatic carbocycles. The van der Waals surface area contributed by atoms with Crippen molar-refractivity contribution in [3.05, 3.63) is 28.4 Å². The average molecular weight is 285 g/mol. The van der Waals surface area contributed by atoms with Crippen LogP contribution in [0.3, 0.4) is 0 Å². The van der Waals surface area contributed by atoms with Gasteiger partial charge in [0.05, 0.1) is 16.1 Å². The van der Waals surface area contributed by atoms with E-state index in [0.717, 1.165) is 4.88 Å². The van der Waals surface area contributed by atoms with Gasteiger partial charge >= 0.3 is 7.12 Å². The van der Waals surface area contributed by atoms with E-state index in [9.17, 15) is 0 Å². The lowest BCUT2D eigenvalue weighted by Crippen LogP contribution is -2.30. The first-order chi connectivity index (χ1) is 7.16. The van der Waals surface area contributed by atoms with E-state index < -0.39 is 7.12 Å². The summed E-state index contributed by atoms with van der Waals surface area (Å²) < 4.78 is 0.566. The van der Waals surface area contributed by atoms with Gasteiger partial charge in [-0.1, -0.05) is 0 Å². The van der Waals surface area contributed by atoms with Gasteiger partial charge in [0.15, 0.2) is 0 Å². The lowest BCUT2D eigenvalue weighted by Gasteiger charge is -2.03. The molecule has 2 aromatic rings. The fraction of sp³-hybridized carbons (Fsp3) is 0. The Hall–Kier alpha value is -0.755. The van der Waals surface area contributed by atoms with Crippen molar-refractivity contribution in [1.82, 2.24) is 9.97 Å². The van der Waals surface area contributed by atoms with Crippen LogP contribution in [0.25, 0.3) is 10.6 Å². The van der Waals surface area contributed by atoms with Gasteiger partial charge in [-0.25, -0.2) is 4.98 Å². The standard InChI is InChI=1S/C8H6BBrN2O2S/c10-8-2-5(9(13)14)1-6(12-8)7-3-11-4-15-7/h1-4,13-14H. The van der Waals surface area contributed by atoms with Gasteiger partial charge in [0.1, 0.15) is 4.60 Å². The third kappa shape index (κ3) is 2.43. The average Bonchev–Trinajstić information content (AvgIpc) is 2.69. The van der Waals surface area contributed by atoms with Crippen LogP contribution in [0.4, 0.5) is 0 Å². The molecule has 0 aliphatic rings. The van der Waals surface area contributed by atoms with E-state index in [1.165, 1.54) is 11.3 Å². The van der Waals surface area contributed by atoms with Crippen LogP contribution in [0.1, 0.15) is 0 Å². The van der Waals surface area contributed by atoms with Crippen molar-refractivity contribution >= 4 is 39.8 Å². The van der Waals surface area contributed by atoms with E-state index >= 15 is 0 Å². The molecule has 0 radical (unpaired) electrons. The second kappa shape index (κ2) is 4.40. The molecule has 0 aromatic carbocycles. The van der Waals surface area contributed by atoms with Crippen LogP contribution >= 0.6 is 27.3 Å². The lowest BCUT2D eigenvalue weighted by atomic mass is 9.80. The molecule has 2 aromatic heterocycles. The molecule has 0 atom stereocenters. The molecule has 15 heavy (non-hydrogen) atoms. The summed E-state index contributed by atoms with van der Waals surface area (Å²) in [6, 6.07) is 3.19. The van der Waals surface area contributed by atoms with Crippen LogP contribution in [-0.4, -0.2) is 27.1 Å². The van der Waals surface area contributed by atoms with Crippen molar-refractivity contribution in [2.24, 2.45) is 0 Å². The van der Waals surface area contributed by atoms with E-state index in [-0.39, 0.29) is 0 Å². The molecule has 0 unspecified atom stereocenters. The molecule has 0 fully saturated rings. The lowest BCUT2D eigenvalue weighted by molar-refractivity contribution is 0.425. The normalized spacial score (nSPS) is 10.3. The van der Waals surface area contributed by atoms with E-state index in [0.29, 0.717) is 15.8 Å². The molecule has 0 bridgehead atoms. The summed E-state index contributed by atoms with van der Waals surface area (Å²) in [5.41, 5.74) is 2.78. The summed E-state index contributed by atoms with van der Waals surface area (Å²) in [7, 11) is -1.49. The van der Waals surface area contributed by atoms with Gasteiger partial charge < -0.3 is 10.0 Å². The van der Waals surface area contributed by atoms with Crippen LogP contribution in [0.5, 0.6) is 0 Å². The monoisotopic (exact) mass is 284 g/mol. The Kier molecular flexibility index (Phi) is 3.15. The van der Waals surface area contributed by atoms with Crippen molar-refractivity contribution in [3.8, 4) is 10.6 Å². The van der Waals surface area contributed by atoms with Crippen molar-refractivity contribution in [2.45, 2.75) is 0 Å². The number of thiazole rings is 1. The molecular weight excluding hydrogens is 279 g/mol. The Labute approximate surface area is 98.9 Å². The van der Waals surface area contributed by atoms with Crippen molar-refractivity contribution < 1.29 is 10.0 Å². The van der Waals surface area contributed by atoms with Gasteiger partial charge in [0.2, 0.25) is 0 Å². The largest absolute Gasteiger partial charge is 0.488 e. The maximum Gasteiger partial charge on any atom is 0.488 e. The molecule has 2 heterocycles. The summed E-state index contributed by atoms with van der Waals surface area (Å²) in [6.07, 6.45) is 1.69. The zero-order chi connectivity index (χ0) is 10.8. The number of aromatic nitrogens is 2. The molecule has 0 aliphatic heterocycles. The Morgan fingerprint density at radius 2 is 2.13 bits per heavy atom. The predicted octanol–water partition coefficient (Wildman–Crippen LogP) is 0.647. The minimum atomic E-state index is -1.49. The van der Waals surface area contributed by atoms with Gasteiger partial charge in [-0.2, -0.15) is 0 Å². The predicted molar refractivity (Wildman–Crippen MR) is 62.9 cm³/mol. The topological polar surface area (TPSA) is 66.2 Å². The smallest absolute Gasteiger partial charge is 0.423 e. The number of hydrogen-bond donors (Lipinski definition) is 2. The maximum absolute atomic E-state index is 9.06. The van der Waals surface area contributed by atoms with E-state index in [4.69, 9.17) is 10.0 Å². The molecule has 7 heteroatoms. The third-order valence-corrected chi connectivity index (χ3v) is 3.00. The minimum Gasteiger partial charge on any atom is -0.423 e. The summed E-state index contributed by atoms with van der Waals surface area (Å²) in [4.78, 5) is 9.05. The van der Waals surface area contributed by atoms with Crippen LogP contribution in [0, 0.1) is 0 Å². The Morgan fingerprint density at radius 3 is 2.73 bits per heavy atom. The Morgan fingerprint density at radius 1 is 1.33 bits per heavy atom. The van der Waals surface area contributed by atoms with Crippen molar-refractivity contribution in [3.63, 3.8) is 0 Å². The molecule has 0 amide bonds. The highest BCUT2D eigenvalue weighted by atomic mass is 79.9. The van der Waals surface area contributed by atoms with Crippen molar-refractivity contribution in [1.29, 1.82) is 0 Å². The summed E-state index contributed by atoms with van der Waals surface area (Å²) in [5.74, 6) is 0. The second-order valence-electron chi connectivity index (χ2n) is 2.85. The van der Waals surface area contributed by atoms with E-state index in [1.807, 2.05) is 0 Å². The highest BCUT2D eigenvalue weighted by molar-refractivity contribution is 9.10. The molecule has 0 saturated carbocycles.